The maximum Gasteiger partial charge on any atom is 0.0787 e. The molecule has 1 aliphatic rings. The van der Waals surface area contributed by atoms with E-state index in [-0.39, 0.29) is 6.10 Å². The van der Waals surface area contributed by atoms with Crippen LogP contribution < -0.4 is 4.90 Å². The van der Waals surface area contributed by atoms with E-state index in [0.717, 1.165) is 12.0 Å². The summed E-state index contributed by atoms with van der Waals surface area (Å²) in [6, 6.07) is 9.24. The van der Waals surface area contributed by atoms with Gasteiger partial charge in [0.05, 0.1) is 6.10 Å². The Bertz CT molecular complexity index is 371. The molecule has 2 unspecified atom stereocenters. The van der Waals surface area contributed by atoms with Crippen LogP contribution in [-0.2, 0) is 0 Å². The Morgan fingerprint density at radius 2 is 1.95 bits per heavy atom. The summed E-state index contributed by atoms with van der Waals surface area (Å²) in [4.78, 5) is 2.56. The van der Waals surface area contributed by atoms with Gasteiger partial charge in [0.2, 0.25) is 0 Å². The van der Waals surface area contributed by atoms with Gasteiger partial charge in [0, 0.05) is 18.3 Å². The summed E-state index contributed by atoms with van der Waals surface area (Å²) >= 11 is 0. The van der Waals surface area contributed by atoms with E-state index >= 15 is 0 Å². The minimum atomic E-state index is -0.318. The van der Waals surface area contributed by atoms with Crippen molar-refractivity contribution in [2.24, 2.45) is 0 Å². The second-order valence-corrected chi connectivity index (χ2v) is 5.65. The zero-order chi connectivity index (χ0) is 13.7. The van der Waals surface area contributed by atoms with E-state index in [0.29, 0.717) is 6.04 Å². The predicted octanol–water partition coefficient (Wildman–Crippen LogP) is 4.29. The highest BCUT2D eigenvalue weighted by Crippen LogP contribution is 2.28. The first-order valence-electron chi connectivity index (χ1n) is 7.81. The largest absolute Gasteiger partial charge is 0.388 e. The van der Waals surface area contributed by atoms with Gasteiger partial charge in [0.1, 0.15) is 0 Å². The summed E-state index contributed by atoms with van der Waals surface area (Å²) in [5, 5.41) is 9.85. The van der Waals surface area contributed by atoms with Crippen LogP contribution in [0.1, 0.15) is 64.0 Å². The molecule has 19 heavy (non-hydrogen) atoms. The van der Waals surface area contributed by atoms with Crippen molar-refractivity contribution in [3.8, 4) is 0 Å². The lowest BCUT2D eigenvalue weighted by Gasteiger charge is -2.37. The Morgan fingerprint density at radius 1 is 1.21 bits per heavy atom. The Kier molecular flexibility index (Phi) is 5.26. The first-order valence-corrected chi connectivity index (χ1v) is 7.81. The molecule has 0 saturated carbocycles. The highest BCUT2D eigenvalue weighted by molar-refractivity contribution is 5.49. The molecular weight excluding hydrogens is 234 g/mol. The molecular formula is C17H27NO. The molecule has 0 radical (unpaired) electrons. The van der Waals surface area contributed by atoms with E-state index in [1.54, 1.807) is 0 Å². The van der Waals surface area contributed by atoms with Crippen molar-refractivity contribution in [2.75, 3.05) is 11.4 Å². The highest BCUT2D eigenvalue weighted by atomic mass is 16.3. The molecule has 106 valence electrons. The number of benzene rings is 1. The van der Waals surface area contributed by atoms with Gasteiger partial charge >= 0.3 is 0 Å². The van der Waals surface area contributed by atoms with Gasteiger partial charge < -0.3 is 10.0 Å². The van der Waals surface area contributed by atoms with Crippen molar-refractivity contribution in [3.05, 3.63) is 29.8 Å². The molecule has 1 aromatic carbocycles. The lowest BCUT2D eigenvalue weighted by Crippen LogP contribution is -2.39. The van der Waals surface area contributed by atoms with Crippen LogP contribution in [0.25, 0.3) is 0 Å². The van der Waals surface area contributed by atoms with Crippen molar-refractivity contribution in [3.63, 3.8) is 0 Å². The maximum atomic E-state index is 9.85. The van der Waals surface area contributed by atoms with Gasteiger partial charge in [0.25, 0.3) is 0 Å². The van der Waals surface area contributed by atoms with Gasteiger partial charge in [-0.05, 0) is 49.8 Å². The van der Waals surface area contributed by atoms with Crippen LogP contribution in [0, 0.1) is 0 Å². The first kappa shape index (κ1) is 14.4. The third-order valence-corrected chi connectivity index (χ3v) is 4.25. The number of rotatable bonds is 5. The molecule has 2 nitrogen and oxygen atoms in total. The Balaban J connectivity index is 2.11. The quantitative estimate of drug-likeness (QED) is 0.854. The third-order valence-electron chi connectivity index (χ3n) is 4.25. The van der Waals surface area contributed by atoms with Gasteiger partial charge in [0.15, 0.2) is 0 Å². The van der Waals surface area contributed by atoms with E-state index in [1.165, 1.54) is 44.3 Å². The van der Waals surface area contributed by atoms with Gasteiger partial charge in [-0.2, -0.15) is 0 Å². The summed E-state index contributed by atoms with van der Waals surface area (Å²) in [6.07, 6.45) is 7.01. The van der Waals surface area contributed by atoms with Crippen LogP contribution in [-0.4, -0.2) is 17.7 Å². The fourth-order valence-electron chi connectivity index (χ4n) is 3.10. The first-order chi connectivity index (χ1) is 9.26. The number of anilines is 1. The minimum Gasteiger partial charge on any atom is -0.388 e. The fraction of sp³-hybridized carbons (Fsp3) is 0.647. The number of piperidine rings is 1. The smallest absolute Gasteiger partial charge is 0.0787 e. The van der Waals surface area contributed by atoms with Crippen molar-refractivity contribution in [1.82, 2.24) is 0 Å². The van der Waals surface area contributed by atoms with E-state index in [4.69, 9.17) is 0 Å². The summed E-state index contributed by atoms with van der Waals surface area (Å²) in [6.45, 7) is 5.47. The predicted molar refractivity (Wildman–Crippen MR) is 81.6 cm³/mol. The average molecular weight is 261 g/mol. The number of aliphatic hydroxyl groups excluding tert-OH is 1. The molecule has 2 rings (SSSR count). The lowest BCUT2D eigenvalue weighted by molar-refractivity contribution is 0.173. The number of hydrogen-bond acceptors (Lipinski definition) is 2. The Hall–Kier alpha value is -1.02. The summed E-state index contributed by atoms with van der Waals surface area (Å²) in [5.41, 5.74) is 2.36. The van der Waals surface area contributed by atoms with Crippen molar-refractivity contribution < 1.29 is 5.11 Å². The standard InChI is InChI=1S/C17H27NO/c1-3-7-15-8-5-6-13-18(15)16-11-9-14(10-12-16)17(19)4-2/h9-12,15,17,19H,3-8,13H2,1-2H3. The summed E-state index contributed by atoms with van der Waals surface area (Å²) in [5.74, 6) is 0. The van der Waals surface area contributed by atoms with E-state index in [9.17, 15) is 5.11 Å². The monoisotopic (exact) mass is 261 g/mol. The van der Waals surface area contributed by atoms with Gasteiger partial charge in [-0.1, -0.05) is 32.4 Å². The molecule has 0 bridgehead atoms. The molecule has 2 heteroatoms. The zero-order valence-electron chi connectivity index (χ0n) is 12.3. The number of aliphatic hydroxyl groups is 1. The highest BCUT2D eigenvalue weighted by Gasteiger charge is 2.21. The van der Waals surface area contributed by atoms with Crippen LogP contribution in [0.15, 0.2) is 24.3 Å². The normalized spacial score (nSPS) is 21.4. The van der Waals surface area contributed by atoms with Crippen LogP contribution >= 0.6 is 0 Å². The van der Waals surface area contributed by atoms with E-state index in [1.807, 2.05) is 6.92 Å². The molecule has 1 N–H and O–H groups in total. The van der Waals surface area contributed by atoms with Crippen molar-refractivity contribution >= 4 is 5.69 Å². The lowest BCUT2D eigenvalue weighted by atomic mass is 9.97. The number of hydrogen-bond donors (Lipinski definition) is 1. The summed E-state index contributed by atoms with van der Waals surface area (Å²) < 4.78 is 0. The number of nitrogens with zero attached hydrogens (tertiary/aromatic N) is 1. The molecule has 1 saturated heterocycles. The van der Waals surface area contributed by atoms with Crippen LogP contribution in [0.3, 0.4) is 0 Å². The SMILES string of the molecule is CCCC1CCCCN1c1ccc(C(O)CC)cc1. The molecule has 0 aliphatic carbocycles. The average Bonchev–Trinajstić information content (AvgIpc) is 2.47. The fourth-order valence-corrected chi connectivity index (χ4v) is 3.10. The second-order valence-electron chi connectivity index (χ2n) is 5.65. The van der Waals surface area contributed by atoms with E-state index in [2.05, 4.69) is 36.1 Å². The maximum absolute atomic E-state index is 9.85. The molecule has 0 spiro atoms. The molecule has 1 aliphatic heterocycles. The zero-order valence-corrected chi connectivity index (χ0v) is 12.3. The topological polar surface area (TPSA) is 23.5 Å². The molecule has 0 aromatic heterocycles. The molecule has 1 fully saturated rings. The van der Waals surface area contributed by atoms with Crippen LogP contribution in [0.4, 0.5) is 5.69 Å². The third kappa shape index (κ3) is 3.50. The van der Waals surface area contributed by atoms with E-state index < -0.39 is 0 Å². The van der Waals surface area contributed by atoms with Crippen molar-refractivity contribution in [2.45, 2.75) is 64.5 Å². The molecule has 1 heterocycles. The Labute approximate surface area is 117 Å². The molecule has 1 aromatic rings. The van der Waals surface area contributed by atoms with Crippen LogP contribution in [0.2, 0.25) is 0 Å². The summed E-state index contributed by atoms with van der Waals surface area (Å²) in [7, 11) is 0. The minimum absolute atomic E-state index is 0.318. The molecule has 2 atom stereocenters. The van der Waals surface area contributed by atoms with Gasteiger partial charge in [-0.15, -0.1) is 0 Å². The molecule has 0 amide bonds. The Morgan fingerprint density at radius 3 is 2.58 bits per heavy atom. The van der Waals surface area contributed by atoms with Gasteiger partial charge in [-0.3, -0.25) is 0 Å². The second kappa shape index (κ2) is 6.95. The van der Waals surface area contributed by atoms with Crippen LogP contribution in [0.5, 0.6) is 0 Å². The van der Waals surface area contributed by atoms with Gasteiger partial charge in [-0.25, -0.2) is 0 Å². The van der Waals surface area contributed by atoms with Crippen molar-refractivity contribution in [1.29, 1.82) is 0 Å².